The van der Waals surface area contributed by atoms with Gasteiger partial charge in [0.15, 0.2) is 0 Å². The molecular formula is C20H28N2O3S. The van der Waals surface area contributed by atoms with Crippen LogP contribution in [0.15, 0.2) is 53.4 Å². The minimum atomic E-state index is -3.58. The number of ether oxygens (including phenoxy) is 1. The lowest BCUT2D eigenvalue weighted by Crippen LogP contribution is -2.32. The van der Waals surface area contributed by atoms with Gasteiger partial charge < -0.3 is 10.5 Å². The number of benzene rings is 2. The van der Waals surface area contributed by atoms with Gasteiger partial charge in [0.1, 0.15) is 0 Å². The van der Waals surface area contributed by atoms with E-state index in [0.29, 0.717) is 12.5 Å². The number of methoxy groups -OCH3 is 1. The zero-order valence-electron chi connectivity index (χ0n) is 15.6. The Morgan fingerprint density at radius 1 is 1.00 bits per heavy atom. The summed E-state index contributed by atoms with van der Waals surface area (Å²) >= 11 is 0. The Morgan fingerprint density at radius 2 is 1.58 bits per heavy atom. The lowest BCUT2D eigenvalue weighted by atomic mass is 9.99. The van der Waals surface area contributed by atoms with Gasteiger partial charge in [-0.2, -0.15) is 0 Å². The van der Waals surface area contributed by atoms with Gasteiger partial charge in [-0.15, -0.1) is 0 Å². The molecule has 3 N–H and O–H groups in total. The van der Waals surface area contributed by atoms with E-state index in [0.717, 1.165) is 17.5 Å². The first kappa shape index (κ1) is 20.6. The predicted molar refractivity (Wildman–Crippen MR) is 105 cm³/mol. The second kappa shape index (κ2) is 9.28. The summed E-state index contributed by atoms with van der Waals surface area (Å²) in [4.78, 5) is 0.237. The molecule has 2 rings (SSSR count). The van der Waals surface area contributed by atoms with E-state index in [1.54, 1.807) is 31.4 Å². The Bertz CT molecular complexity index is 785. The smallest absolute Gasteiger partial charge is 0.240 e. The van der Waals surface area contributed by atoms with Gasteiger partial charge in [0.25, 0.3) is 0 Å². The van der Waals surface area contributed by atoms with Crippen LogP contribution in [0.1, 0.15) is 42.5 Å². The molecule has 1 atom stereocenters. The maximum absolute atomic E-state index is 12.4. The summed E-state index contributed by atoms with van der Waals surface area (Å²) in [5, 5.41) is 0. The Morgan fingerprint density at radius 3 is 2.12 bits per heavy atom. The summed E-state index contributed by atoms with van der Waals surface area (Å²) in [6.07, 6.45) is 0.751. The van der Waals surface area contributed by atoms with E-state index in [1.807, 2.05) is 24.3 Å². The van der Waals surface area contributed by atoms with Crippen LogP contribution in [0.3, 0.4) is 0 Å². The first-order valence-electron chi connectivity index (χ1n) is 8.76. The van der Waals surface area contributed by atoms with Crippen LogP contribution in [-0.2, 0) is 21.2 Å². The highest BCUT2D eigenvalue weighted by molar-refractivity contribution is 7.89. The molecule has 0 fully saturated rings. The SMILES string of the molecule is COCCc1ccc(S(=O)(=O)NCC(N)c2ccc(C(C)C)cc2)cc1. The molecule has 1 unspecified atom stereocenters. The molecule has 26 heavy (non-hydrogen) atoms. The number of nitrogens with two attached hydrogens (primary N) is 1. The van der Waals surface area contributed by atoms with E-state index < -0.39 is 16.1 Å². The second-order valence-corrected chi connectivity index (χ2v) is 8.43. The molecule has 0 aliphatic rings. The highest BCUT2D eigenvalue weighted by atomic mass is 32.2. The predicted octanol–water partition coefficient (Wildman–Crippen LogP) is 2.98. The van der Waals surface area contributed by atoms with Gasteiger partial charge >= 0.3 is 0 Å². The van der Waals surface area contributed by atoms with Crippen LogP contribution in [0.2, 0.25) is 0 Å². The van der Waals surface area contributed by atoms with Crippen molar-refractivity contribution in [3.63, 3.8) is 0 Å². The van der Waals surface area contributed by atoms with Gasteiger partial charge in [0.05, 0.1) is 11.5 Å². The highest BCUT2D eigenvalue weighted by Gasteiger charge is 2.16. The van der Waals surface area contributed by atoms with Gasteiger partial charge in [0, 0.05) is 19.7 Å². The summed E-state index contributed by atoms with van der Waals surface area (Å²) in [6.45, 7) is 5.01. The van der Waals surface area contributed by atoms with Crippen LogP contribution in [0.25, 0.3) is 0 Å². The molecule has 0 aliphatic heterocycles. The standard InChI is InChI=1S/C20H28N2O3S/c1-15(2)17-6-8-18(9-7-17)20(21)14-22-26(23,24)19-10-4-16(5-11-19)12-13-25-3/h4-11,15,20,22H,12-14,21H2,1-3H3. The van der Waals surface area contributed by atoms with Gasteiger partial charge in [-0.1, -0.05) is 50.2 Å². The van der Waals surface area contributed by atoms with Crippen LogP contribution in [0, 0.1) is 0 Å². The zero-order valence-corrected chi connectivity index (χ0v) is 16.4. The fourth-order valence-electron chi connectivity index (χ4n) is 2.58. The van der Waals surface area contributed by atoms with Crippen LogP contribution < -0.4 is 10.5 Å². The quantitative estimate of drug-likeness (QED) is 0.705. The molecule has 0 spiro atoms. The molecule has 6 heteroatoms. The fourth-order valence-corrected chi connectivity index (χ4v) is 3.64. The molecule has 0 radical (unpaired) electrons. The van der Waals surface area contributed by atoms with Crippen molar-refractivity contribution >= 4 is 10.0 Å². The van der Waals surface area contributed by atoms with E-state index in [4.69, 9.17) is 10.5 Å². The molecule has 0 amide bonds. The monoisotopic (exact) mass is 376 g/mol. The molecule has 5 nitrogen and oxygen atoms in total. The molecule has 2 aromatic rings. The van der Waals surface area contributed by atoms with Crippen molar-refractivity contribution < 1.29 is 13.2 Å². The number of hydrogen-bond donors (Lipinski definition) is 2. The normalized spacial score (nSPS) is 13.1. The largest absolute Gasteiger partial charge is 0.384 e. The third-order valence-corrected chi connectivity index (χ3v) is 5.79. The van der Waals surface area contributed by atoms with E-state index in [2.05, 4.69) is 18.6 Å². The maximum Gasteiger partial charge on any atom is 0.240 e. The summed E-state index contributed by atoms with van der Waals surface area (Å²) in [5.74, 6) is 0.450. The summed E-state index contributed by atoms with van der Waals surface area (Å²) in [6, 6.07) is 14.4. The van der Waals surface area contributed by atoms with E-state index in [9.17, 15) is 8.42 Å². The number of rotatable bonds is 9. The van der Waals surface area contributed by atoms with Crippen molar-refractivity contribution in [3.8, 4) is 0 Å². The van der Waals surface area contributed by atoms with Gasteiger partial charge in [-0.3, -0.25) is 0 Å². The third kappa shape index (κ3) is 5.64. The average molecular weight is 377 g/mol. The van der Waals surface area contributed by atoms with Gasteiger partial charge in [-0.05, 0) is 41.2 Å². The van der Waals surface area contributed by atoms with Crippen LogP contribution in [0.5, 0.6) is 0 Å². The number of hydrogen-bond acceptors (Lipinski definition) is 4. The Kier molecular flexibility index (Phi) is 7.34. The van der Waals surface area contributed by atoms with Crippen molar-refractivity contribution in [2.24, 2.45) is 5.73 Å². The van der Waals surface area contributed by atoms with Crippen molar-refractivity contribution in [3.05, 3.63) is 65.2 Å². The molecule has 0 aliphatic carbocycles. The molecule has 0 bridgehead atoms. The lowest BCUT2D eigenvalue weighted by molar-refractivity contribution is 0.202. The Balaban J connectivity index is 1.98. The number of sulfonamides is 1. The highest BCUT2D eigenvalue weighted by Crippen LogP contribution is 2.18. The summed E-state index contributed by atoms with van der Waals surface area (Å²) in [7, 11) is -1.94. The van der Waals surface area contributed by atoms with Gasteiger partial charge in [-0.25, -0.2) is 13.1 Å². The first-order chi connectivity index (χ1) is 12.3. The number of nitrogens with one attached hydrogen (secondary N) is 1. The molecule has 0 aromatic heterocycles. The zero-order chi connectivity index (χ0) is 19.2. The van der Waals surface area contributed by atoms with Crippen LogP contribution in [-0.4, -0.2) is 28.7 Å². The minimum absolute atomic E-state index is 0.148. The average Bonchev–Trinajstić information content (AvgIpc) is 2.65. The van der Waals surface area contributed by atoms with E-state index in [-0.39, 0.29) is 11.4 Å². The van der Waals surface area contributed by atoms with E-state index in [1.165, 1.54) is 5.56 Å². The minimum Gasteiger partial charge on any atom is -0.384 e. The van der Waals surface area contributed by atoms with Gasteiger partial charge in [0.2, 0.25) is 10.0 Å². The fraction of sp³-hybridized carbons (Fsp3) is 0.400. The first-order valence-corrected chi connectivity index (χ1v) is 10.2. The molecule has 0 heterocycles. The van der Waals surface area contributed by atoms with Crippen LogP contribution >= 0.6 is 0 Å². The molecule has 0 saturated carbocycles. The summed E-state index contributed by atoms with van der Waals surface area (Å²) < 4.78 is 32.5. The summed E-state index contributed by atoms with van der Waals surface area (Å²) in [5.41, 5.74) is 9.32. The second-order valence-electron chi connectivity index (χ2n) is 6.67. The van der Waals surface area contributed by atoms with E-state index >= 15 is 0 Å². The van der Waals surface area contributed by atoms with Crippen molar-refractivity contribution in [1.29, 1.82) is 0 Å². The molecule has 2 aromatic carbocycles. The third-order valence-electron chi connectivity index (χ3n) is 4.35. The van der Waals surface area contributed by atoms with Crippen LogP contribution in [0.4, 0.5) is 0 Å². The molecular weight excluding hydrogens is 348 g/mol. The van der Waals surface area contributed by atoms with Crippen molar-refractivity contribution in [2.75, 3.05) is 20.3 Å². The maximum atomic E-state index is 12.4. The Labute approximate surface area is 156 Å². The van der Waals surface area contributed by atoms with Crippen molar-refractivity contribution in [2.45, 2.75) is 37.1 Å². The Hall–Kier alpha value is -1.73. The van der Waals surface area contributed by atoms with Crippen molar-refractivity contribution in [1.82, 2.24) is 4.72 Å². The molecule has 0 saturated heterocycles. The lowest BCUT2D eigenvalue weighted by Gasteiger charge is -2.15. The molecule has 142 valence electrons. The topological polar surface area (TPSA) is 81.4 Å².